The van der Waals surface area contributed by atoms with Gasteiger partial charge in [-0.25, -0.2) is 0 Å². The molecular weight excluding hydrogens is 326 g/mol. The van der Waals surface area contributed by atoms with Gasteiger partial charge in [-0.1, -0.05) is 0 Å². The Kier molecular flexibility index (Phi) is 4.79. The van der Waals surface area contributed by atoms with Crippen molar-refractivity contribution in [1.82, 2.24) is 15.1 Å². The molecule has 5 nitrogen and oxygen atoms in total. The number of likely N-dealkylation sites (N-methyl/N-ethyl adjacent to an activating group) is 1. The monoisotopic (exact) mass is 361 g/mol. The average Bonchev–Trinajstić information content (AvgIpc) is 3.00. The molecule has 0 aromatic heterocycles. The lowest BCUT2D eigenvalue weighted by atomic mass is 9.48. The van der Waals surface area contributed by atoms with Crippen molar-refractivity contribution in [2.45, 2.75) is 70.4 Å². The van der Waals surface area contributed by atoms with Gasteiger partial charge in [0, 0.05) is 20.1 Å². The quantitative estimate of drug-likeness (QED) is 0.817. The topological polar surface area (TPSA) is 52.7 Å². The summed E-state index contributed by atoms with van der Waals surface area (Å²) in [7, 11) is 3.60. The molecule has 2 atom stereocenters. The predicted molar refractivity (Wildman–Crippen MR) is 101 cm³/mol. The number of carbonyl (C=O) groups is 2. The fourth-order valence-electron chi connectivity index (χ4n) is 6.93. The molecule has 5 heteroatoms. The largest absolute Gasteiger partial charge is 0.352 e. The standard InChI is InChI=1S/C21H35N3O2/c1-14(21-10-15-7-16(11-21)9-17(8-15)12-21)22-19(25)13-24-6-4-5-18(24)20(26)23(2)3/h14-18H,4-13H2,1-3H3,(H,22,25)/t14-,15?,16?,17?,18-,21?/m0/s1. The number of hydrogen-bond acceptors (Lipinski definition) is 3. The first kappa shape index (κ1) is 18.3. The van der Waals surface area contributed by atoms with Crippen LogP contribution in [0.1, 0.15) is 58.3 Å². The van der Waals surface area contributed by atoms with E-state index in [2.05, 4.69) is 17.1 Å². The third-order valence-electron chi connectivity index (χ3n) is 7.82. The van der Waals surface area contributed by atoms with Gasteiger partial charge in [-0.2, -0.15) is 0 Å². The van der Waals surface area contributed by atoms with Crippen molar-refractivity contribution >= 4 is 11.8 Å². The second-order valence-electron chi connectivity index (χ2n) is 9.93. The van der Waals surface area contributed by atoms with Crippen LogP contribution in [-0.2, 0) is 9.59 Å². The van der Waals surface area contributed by atoms with Crippen LogP contribution in [0, 0.1) is 23.2 Å². The van der Waals surface area contributed by atoms with Crippen LogP contribution in [0.5, 0.6) is 0 Å². The van der Waals surface area contributed by atoms with Gasteiger partial charge >= 0.3 is 0 Å². The maximum absolute atomic E-state index is 12.8. The summed E-state index contributed by atoms with van der Waals surface area (Å²) in [5.41, 5.74) is 0.342. The first-order valence-corrected chi connectivity index (χ1v) is 10.6. The highest BCUT2D eigenvalue weighted by Crippen LogP contribution is 2.61. The molecule has 1 heterocycles. The van der Waals surface area contributed by atoms with E-state index in [1.807, 2.05) is 0 Å². The zero-order chi connectivity index (χ0) is 18.5. The maximum atomic E-state index is 12.8. The van der Waals surface area contributed by atoms with Gasteiger partial charge in [0.2, 0.25) is 11.8 Å². The zero-order valence-corrected chi connectivity index (χ0v) is 16.7. The van der Waals surface area contributed by atoms with Crippen molar-refractivity contribution in [3.8, 4) is 0 Å². The average molecular weight is 362 g/mol. The molecule has 26 heavy (non-hydrogen) atoms. The lowest BCUT2D eigenvalue weighted by Gasteiger charge is -2.59. The first-order valence-electron chi connectivity index (χ1n) is 10.6. The number of nitrogens with zero attached hydrogens (tertiary/aromatic N) is 2. The Hall–Kier alpha value is -1.10. The van der Waals surface area contributed by atoms with E-state index >= 15 is 0 Å². The van der Waals surface area contributed by atoms with Crippen LogP contribution in [0.2, 0.25) is 0 Å². The van der Waals surface area contributed by atoms with Crippen LogP contribution >= 0.6 is 0 Å². The number of nitrogens with one attached hydrogen (secondary N) is 1. The fraction of sp³-hybridized carbons (Fsp3) is 0.905. The lowest BCUT2D eigenvalue weighted by Crippen LogP contribution is -2.57. The van der Waals surface area contributed by atoms with Crippen molar-refractivity contribution in [3.63, 3.8) is 0 Å². The summed E-state index contributed by atoms with van der Waals surface area (Å²) < 4.78 is 0. The van der Waals surface area contributed by atoms with Crippen molar-refractivity contribution in [1.29, 1.82) is 0 Å². The van der Waals surface area contributed by atoms with Crippen molar-refractivity contribution in [2.75, 3.05) is 27.2 Å². The molecule has 5 aliphatic rings. The van der Waals surface area contributed by atoms with Crippen LogP contribution < -0.4 is 5.32 Å². The molecule has 5 rings (SSSR count). The summed E-state index contributed by atoms with van der Waals surface area (Å²) in [6.07, 6.45) is 10.1. The number of carbonyl (C=O) groups excluding carboxylic acids is 2. The molecule has 1 saturated heterocycles. The molecule has 0 spiro atoms. The number of likely N-dealkylation sites (tertiary alicyclic amines) is 1. The number of rotatable bonds is 5. The Morgan fingerprint density at radius 2 is 1.69 bits per heavy atom. The highest BCUT2D eigenvalue weighted by molar-refractivity contribution is 5.83. The van der Waals surface area contributed by atoms with Gasteiger partial charge in [0.25, 0.3) is 0 Å². The smallest absolute Gasteiger partial charge is 0.239 e. The molecule has 1 N–H and O–H groups in total. The summed E-state index contributed by atoms with van der Waals surface area (Å²) in [4.78, 5) is 28.8. The van der Waals surface area contributed by atoms with E-state index < -0.39 is 0 Å². The van der Waals surface area contributed by atoms with Gasteiger partial charge in [-0.05, 0) is 88.0 Å². The molecular formula is C21H35N3O2. The van der Waals surface area contributed by atoms with Crippen LogP contribution in [0.3, 0.4) is 0 Å². The summed E-state index contributed by atoms with van der Waals surface area (Å²) in [6.45, 7) is 3.45. The predicted octanol–water partition coefficient (Wildman–Crippen LogP) is 2.26. The minimum absolute atomic E-state index is 0.103. The van der Waals surface area contributed by atoms with Gasteiger partial charge in [-0.15, -0.1) is 0 Å². The van der Waals surface area contributed by atoms with Gasteiger partial charge < -0.3 is 10.2 Å². The second-order valence-corrected chi connectivity index (χ2v) is 9.93. The normalized spacial score (nSPS) is 39.8. The molecule has 146 valence electrons. The molecule has 0 radical (unpaired) electrons. The van der Waals surface area contributed by atoms with E-state index in [4.69, 9.17) is 0 Å². The Morgan fingerprint density at radius 3 is 2.23 bits per heavy atom. The van der Waals surface area contributed by atoms with Crippen LogP contribution in [0.4, 0.5) is 0 Å². The highest BCUT2D eigenvalue weighted by Gasteiger charge is 2.53. The summed E-state index contributed by atoms with van der Waals surface area (Å²) in [6, 6.07) is 0.139. The fourth-order valence-corrected chi connectivity index (χ4v) is 6.93. The molecule has 1 aliphatic heterocycles. The highest BCUT2D eigenvalue weighted by atomic mass is 16.2. The molecule has 4 saturated carbocycles. The van der Waals surface area contributed by atoms with Gasteiger partial charge in [0.05, 0.1) is 12.6 Å². The summed E-state index contributed by atoms with van der Waals surface area (Å²) in [5, 5.41) is 3.35. The first-order chi connectivity index (χ1) is 12.4. The maximum Gasteiger partial charge on any atom is 0.239 e. The summed E-state index contributed by atoms with van der Waals surface area (Å²) >= 11 is 0. The minimum atomic E-state index is -0.120. The lowest BCUT2D eigenvalue weighted by molar-refractivity contribution is -0.135. The van der Waals surface area contributed by atoms with E-state index in [1.54, 1.807) is 19.0 Å². The number of hydrogen-bond donors (Lipinski definition) is 1. The SMILES string of the molecule is C[C@H](NC(=O)CN1CCC[C@H]1C(=O)N(C)C)C12CC3CC(CC(C3)C1)C2. The van der Waals surface area contributed by atoms with E-state index in [1.165, 1.54) is 38.5 Å². The summed E-state index contributed by atoms with van der Waals surface area (Å²) in [5.74, 6) is 2.94. The molecule has 0 aromatic carbocycles. The Balaban J connectivity index is 1.35. The van der Waals surface area contributed by atoms with Crippen LogP contribution in [0.15, 0.2) is 0 Å². The molecule has 0 unspecified atom stereocenters. The third kappa shape index (κ3) is 3.28. The molecule has 4 aliphatic carbocycles. The zero-order valence-electron chi connectivity index (χ0n) is 16.7. The van der Waals surface area contributed by atoms with E-state index in [-0.39, 0.29) is 23.9 Å². The van der Waals surface area contributed by atoms with E-state index in [0.717, 1.165) is 37.1 Å². The van der Waals surface area contributed by atoms with Crippen LogP contribution in [-0.4, -0.2) is 60.9 Å². The Labute approximate surface area is 157 Å². The van der Waals surface area contributed by atoms with Crippen molar-refractivity contribution in [3.05, 3.63) is 0 Å². The van der Waals surface area contributed by atoms with E-state index in [9.17, 15) is 9.59 Å². The second kappa shape index (κ2) is 6.81. The van der Waals surface area contributed by atoms with Crippen molar-refractivity contribution < 1.29 is 9.59 Å². The van der Waals surface area contributed by atoms with Gasteiger partial charge in [0.1, 0.15) is 0 Å². The number of amides is 2. The third-order valence-corrected chi connectivity index (χ3v) is 7.82. The molecule has 0 aromatic rings. The molecule has 4 bridgehead atoms. The van der Waals surface area contributed by atoms with Gasteiger partial charge in [-0.3, -0.25) is 14.5 Å². The molecule has 2 amide bonds. The van der Waals surface area contributed by atoms with E-state index in [0.29, 0.717) is 12.0 Å². The Bertz CT molecular complexity index is 538. The van der Waals surface area contributed by atoms with Gasteiger partial charge in [0.15, 0.2) is 0 Å². The van der Waals surface area contributed by atoms with Crippen molar-refractivity contribution in [2.24, 2.45) is 23.2 Å². The minimum Gasteiger partial charge on any atom is -0.352 e. The Morgan fingerprint density at radius 1 is 1.12 bits per heavy atom. The molecule has 5 fully saturated rings. The van der Waals surface area contributed by atoms with Crippen LogP contribution in [0.25, 0.3) is 0 Å².